The van der Waals surface area contributed by atoms with Gasteiger partial charge in [-0.1, -0.05) is 51.4 Å². The van der Waals surface area contributed by atoms with Crippen LogP contribution < -0.4 is 76.5 Å². The van der Waals surface area contributed by atoms with Gasteiger partial charge in [-0.05, 0) is 98.7 Å². The van der Waals surface area contributed by atoms with E-state index in [0.29, 0.717) is 49.3 Å². The number of halogens is 2. The van der Waals surface area contributed by atoms with E-state index in [0.717, 1.165) is 47.3 Å². The van der Waals surface area contributed by atoms with Gasteiger partial charge in [-0.25, -0.2) is 0 Å². The number of rotatable bonds is 0. The summed E-state index contributed by atoms with van der Waals surface area (Å²) in [6, 6.07) is 0. The SMILES string of the molecule is C1CCC2C3NC(NC4NC(NC5NC(NC6NC(N3)C3CCCCC63)C3CCCCC53)C3CCCCC43)C2C1.[Br-].[Br-].[Cu+2]. The van der Waals surface area contributed by atoms with Gasteiger partial charge in [-0.3, -0.25) is 42.5 Å². The predicted molar refractivity (Wildman–Crippen MR) is 157 cm³/mol. The van der Waals surface area contributed by atoms with Crippen molar-refractivity contribution in [2.45, 2.75) is 152 Å². The third kappa shape index (κ3) is 6.14. The van der Waals surface area contributed by atoms with Crippen LogP contribution in [0.1, 0.15) is 103 Å². The molecule has 0 aromatic rings. The average Bonchev–Trinajstić information content (AvgIpc) is 3.73. The molecule has 8 unspecified atom stereocenters. The van der Waals surface area contributed by atoms with Crippen molar-refractivity contribution >= 4 is 0 Å². The van der Waals surface area contributed by atoms with Crippen LogP contribution in [0.25, 0.3) is 0 Å². The maximum atomic E-state index is 4.26. The Morgan fingerprint density at radius 2 is 0.349 bits per heavy atom. The quantitative estimate of drug-likeness (QED) is 0.121. The van der Waals surface area contributed by atoms with Crippen LogP contribution in [-0.4, -0.2) is 49.3 Å². The van der Waals surface area contributed by atoms with Crippen molar-refractivity contribution in [3.05, 3.63) is 0 Å². The van der Waals surface area contributed by atoms with Crippen molar-refractivity contribution in [2.75, 3.05) is 0 Å². The van der Waals surface area contributed by atoms with Crippen molar-refractivity contribution in [1.82, 2.24) is 42.5 Å². The Morgan fingerprint density at radius 1 is 0.233 bits per heavy atom. The van der Waals surface area contributed by atoms with Crippen LogP contribution in [0.5, 0.6) is 0 Å². The summed E-state index contributed by atoms with van der Waals surface area (Å²) in [6.07, 6.45) is 25.6. The van der Waals surface area contributed by atoms with Crippen molar-refractivity contribution in [3.63, 3.8) is 0 Å². The van der Waals surface area contributed by atoms with Gasteiger partial charge in [0.2, 0.25) is 0 Å². The third-order valence-corrected chi connectivity index (χ3v) is 13.8. The molecule has 5 heterocycles. The number of hydrogen-bond acceptors (Lipinski definition) is 8. The Kier molecular flexibility index (Phi) is 11.3. The molecule has 0 aromatic heterocycles. The van der Waals surface area contributed by atoms with E-state index in [2.05, 4.69) is 42.5 Å². The first-order chi connectivity index (χ1) is 19.8. The minimum absolute atomic E-state index is 0. The molecule has 249 valence electrons. The molecular weight excluding hydrogens is 720 g/mol. The Bertz CT molecular complexity index is 728. The molecule has 5 saturated heterocycles. The molecule has 0 amide bonds. The average molecular weight is 776 g/mol. The fraction of sp³-hybridized carbons (Fsp3) is 1.00. The van der Waals surface area contributed by atoms with E-state index in [-0.39, 0.29) is 51.0 Å². The molecule has 0 spiro atoms. The summed E-state index contributed by atoms with van der Waals surface area (Å²) in [6.45, 7) is 0. The molecular formula is C32H56Br2CuN8. The second-order valence-corrected chi connectivity index (χ2v) is 15.6. The number of hydrogen-bond donors (Lipinski definition) is 8. The smallest absolute Gasteiger partial charge is 1.00 e. The molecule has 8 nitrogen and oxygen atoms in total. The van der Waals surface area contributed by atoms with Gasteiger partial charge in [-0.2, -0.15) is 0 Å². The fourth-order valence-corrected chi connectivity index (χ4v) is 12.0. The summed E-state index contributed by atoms with van der Waals surface area (Å²) in [7, 11) is 0. The topological polar surface area (TPSA) is 96.2 Å². The van der Waals surface area contributed by atoms with Crippen LogP contribution in [0.15, 0.2) is 0 Å². The van der Waals surface area contributed by atoms with Gasteiger partial charge < -0.3 is 34.0 Å². The molecule has 0 aromatic carbocycles. The molecule has 4 saturated carbocycles. The van der Waals surface area contributed by atoms with Crippen molar-refractivity contribution in [3.8, 4) is 0 Å². The van der Waals surface area contributed by atoms with Gasteiger partial charge in [0.05, 0.1) is 49.3 Å². The first-order valence-electron chi connectivity index (χ1n) is 17.9. The zero-order valence-electron chi connectivity index (χ0n) is 25.6. The minimum atomic E-state index is 0. The molecule has 4 aliphatic carbocycles. The first kappa shape index (κ1) is 34.0. The summed E-state index contributed by atoms with van der Waals surface area (Å²) in [4.78, 5) is 0. The maximum absolute atomic E-state index is 4.26. The van der Waals surface area contributed by atoms with E-state index in [4.69, 9.17) is 0 Å². The summed E-state index contributed by atoms with van der Waals surface area (Å²) < 4.78 is 0. The normalized spacial score (nSPS) is 53.6. The van der Waals surface area contributed by atoms with Crippen LogP contribution in [0.3, 0.4) is 0 Å². The van der Waals surface area contributed by atoms with Crippen LogP contribution in [0.2, 0.25) is 0 Å². The van der Waals surface area contributed by atoms with E-state index < -0.39 is 0 Å². The largest absolute Gasteiger partial charge is 2.00 e. The molecule has 43 heavy (non-hydrogen) atoms. The van der Waals surface area contributed by atoms with Gasteiger partial charge in [0.15, 0.2) is 0 Å². The van der Waals surface area contributed by atoms with E-state index in [9.17, 15) is 0 Å². The molecule has 9 fully saturated rings. The Morgan fingerprint density at radius 3 is 0.465 bits per heavy atom. The van der Waals surface area contributed by atoms with E-state index in [1.165, 1.54) is 103 Å². The Labute approximate surface area is 291 Å². The van der Waals surface area contributed by atoms with Gasteiger partial charge in [0, 0.05) is 0 Å². The zero-order valence-corrected chi connectivity index (χ0v) is 29.7. The van der Waals surface area contributed by atoms with Gasteiger partial charge in [0.25, 0.3) is 0 Å². The van der Waals surface area contributed by atoms with E-state index in [1.54, 1.807) is 0 Å². The summed E-state index contributed by atoms with van der Waals surface area (Å²) in [5.41, 5.74) is 0. The second-order valence-electron chi connectivity index (χ2n) is 15.6. The molecule has 8 bridgehead atoms. The summed E-state index contributed by atoms with van der Waals surface area (Å²) >= 11 is 0. The van der Waals surface area contributed by atoms with Gasteiger partial charge in [-0.15, -0.1) is 0 Å². The molecule has 8 atom stereocenters. The number of fused-ring (bicyclic) bond motifs is 20. The van der Waals surface area contributed by atoms with Crippen molar-refractivity contribution in [2.24, 2.45) is 47.3 Å². The predicted octanol–water partition coefficient (Wildman–Crippen LogP) is -3.39. The molecule has 1 radical (unpaired) electrons. The van der Waals surface area contributed by atoms with Crippen molar-refractivity contribution in [1.29, 1.82) is 0 Å². The van der Waals surface area contributed by atoms with Crippen molar-refractivity contribution < 1.29 is 51.0 Å². The van der Waals surface area contributed by atoms with E-state index >= 15 is 0 Å². The van der Waals surface area contributed by atoms with Crippen LogP contribution >= 0.6 is 0 Å². The van der Waals surface area contributed by atoms with Crippen LogP contribution in [0, 0.1) is 47.3 Å². The first-order valence-corrected chi connectivity index (χ1v) is 17.9. The molecule has 9 rings (SSSR count). The molecule has 8 N–H and O–H groups in total. The minimum Gasteiger partial charge on any atom is -1.00 e. The summed E-state index contributed by atoms with van der Waals surface area (Å²) in [5.74, 6) is 5.97. The van der Waals surface area contributed by atoms with Crippen LogP contribution in [0.4, 0.5) is 0 Å². The zero-order chi connectivity index (χ0) is 26.2. The monoisotopic (exact) mass is 773 g/mol. The van der Waals surface area contributed by atoms with Gasteiger partial charge in [0.1, 0.15) is 0 Å². The Balaban J connectivity index is 0.00000110. The maximum Gasteiger partial charge on any atom is 2.00 e. The van der Waals surface area contributed by atoms with Crippen LogP contribution in [-0.2, 0) is 17.1 Å². The summed E-state index contributed by atoms with van der Waals surface area (Å²) in [5, 5.41) is 33.8. The second kappa shape index (κ2) is 14.3. The molecule has 9 aliphatic rings. The standard InChI is InChI=1S/C32H56N8.2BrH.Cu/c1-2-10-18-17(9-1)25-33-26(18)38-28-21-13-5-6-14-22(21)30(35-28)40-32-24-16-8-7-15-23(24)31(36-32)39-29-20-12-4-3-11-19(20)27(34-29)37-25;;;/h17-40H,1-16H2;2*1H;/q;;;+2/p-2. The number of nitrogens with one attached hydrogen (secondary N) is 8. The van der Waals surface area contributed by atoms with Gasteiger partial charge >= 0.3 is 17.1 Å². The molecule has 5 aliphatic heterocycles. The Hall–Kier alpha value is 1.16. The third-order valence-electron chi connectivity index (χ3n) is 13.8. The fourth-order valence-electron chi connectivity index (χ4n) is 12.0. The van der Waals surface area contributed by atoms with E-state index in [1.807, 2.05) is 0 Å². The molecule has 11 heteroatoms.